The number of aromatic nitrogens is 1. The summed E-state index contributed by atoms with van der Waals surface area (Å²) in [7, 11) is 1.41. The molecule has 1 aliphatic rings. The lowest BCUT2D eigenvalue weighted by molar-refractivity contribution is -0.675. The number of fused-ring (bicyclic) bond motifs is 1. The Kier molecular flexibility index (Phi) is 4.71. The number of benzene rings is 1. The van der Waals surface area contributed by atoms with E-state index in [9.17, 15) is 4.79 Å². The Morgan fingerprint density at radius 1 is 1.41 bits per heavy atom. The van der Waals surface area contributed by atoms with Gasteiger partial charge >= 0.3 is 5.97 Å². The summed E-state index contributed by atoms with van der Waals surface area (Å²) in [6.07, 6.45) is 1.08. The predicted octanol–water partition coefficient (Wildman–Crippen LogP) is 1.98. The lowest BCUT2D eigenvalue weighted by Crippen LogP contribution is -2.36. The van der Waals surface area contributed by atoms with E-state index in [1.807, 2.05) is 6.07 Å². The largest absolute Gasteiger partial charge is 0.469 e. The first kappa shape index (κ1) is 15.4. The molecule has 0 saturated carbocycles. The number of thiazole rings is 1. The second kappa shape index (κ2) is 6.73. The van der Waals surface area contributed by atoms with Gasteiger partial charge in [-0.05, 0) is 11.6 Å². The van der Waals surface area contributed by atoms with E-state index < -0.39 is 0 Å². The van der Waals surface area contributed by atoms with Gasteiger partial charge in [0, 0.05) is 13.0 Å². The van der Waals surface area contributed by atoms with Crippen LogP contribution in [0.1, 0.15) is 17.0 Å². The molecule has 1 fully saturated rings. The fraction of sp³-hybridized carbons (Fsp3) is 0.500. The van der Waals surface area contributed by atoms with Crippen molar-refractivity contribution in [3.8, 4) is 0 Å². The summed E-state index contributed by atoms with van der Waals surface area (Å²) >= 11 is 1.74. The number of carbonyl (C=O) groups excluding carboxylic acids is 1. The van der Waals surface area contributed by atoms with E-state index in [4.69, 9.17) is 14.2 Å². The van der Waals surface area contributed by atoms with Crippen molar-refractivity contribution in [2.24, 2.45) is 0 Å². The van der Waals surface area contributed by atoms with E-state index in [-0.39, 0.29) is 12.3 Å². The second-order valence-electron chi connectivity index (χ2n) is 5.29. The van der Waals surface area contributed by atoms with Gasteiger partial charge in [0.15, 0.2) is 12.8 Å². The van der Waals surface area contributed by atoms with Gasteiger partial charge in [-0.1, -0.05) is 17.4 Å². The molecule has 0 aliphatic carbocycles. The Hall–Kier alpha value is -1.50. The zero-order valence-electron chi connectivity index (χ0n) is 12.8. The van der Waals surface area contributed by atoms with E-state index in [1.165, 1.54) is 22.3 Å². The topological polar surface area (TPSA) is 48.6 Å². The lowest BCUT2D eigenvalue weighted by Gasteiger charge is -2.06. The first-order chi connectivity index (χ1) is 10.7. The Bertz CT molecular complexity index is 676. The molecule has 0 atom stereocenters. The Labute approximate surface area is 133 Å². The van der Waals surface area contributed by atoms with E-state index in [0.717, 1.165) is 18.5 Å². The fourth-order valence-corrected chi connectivity index (χ4v) is 3.79. The van der Waals surface area contributed by atoms with Gasteiger partial charge in [0.05, 0.1) is 33.2 Å². The van der Waals surface area contributed by atoms with Gasteiger partial charge < -0.3 is 14.2 Å². The van der Waals surface area contributed by atoms with E-state index in [2.05, 4.69) is 23.6 Å². The average molecular weight is 322 g/mol. The van der Waals surface area contributed by atoms with E-state index in [0.29, 0.717) is 19.6 Å². The Morgan fingerprint density at radius 3 is 2.91 bits per heavy atom. The molecule has 1 aromatic carbocycles. The minimum absolute atomic E-state index is 0.0829. The maximum atomic E-state index is 11.4. The number of methoxy groups -OCH3 is 1. The minimum Gasteiger partial charge on any atom is -0.469 e. The van der Waals surface area contributed by atoms with Crippen LogP contribution < -0.4 is 4.57 Å². The van der Waals surface area contributed by atoms with Gasteiger partial charge in [-0.2, -0.15) is 4.57 Å². The van der Waals surface area contributed by atoms with Crippen LogP contribution in [0.2, 0.25) is 0 Å². The number of nitrogens with zero attached hydrogens (tertiary/aromatic N) is 1. The van der Waals surface area contributed by atoms with Crippen molar-refractivity contribution in [2.45, 2.75) is 32.6 Å². The Morgan fingerprint density at radius 2 is 2.18 bits per heavy atom. The number of aryl methyl sites for hydroxylation is 2. The number of esters is 1. The molecule has 3 rings (SSSR count). The van der Waals surface area contributed by atoms with Crippen LogP contribution in [0.25, 0.3) is 10.2 Å². The smallest absolute Gasteiger partial charge is 0.309 e. The van der Waals surface area contributed by atoms with Gasteiger partial charge in [-0.3, -0.25) is 4.79 Å². The van der Waals surface area contributed by atoms with Crippen LogP contribution in [-0.4, -0.2) is 32.6 Å². The molecule has 2 heterocycles. The van der Waals surface area contributed by atoms with Crippen LogP contribution in [-0.2, 0) is 32.0 Å². The van der Waals surface area contributed by atoms with Crippen LogP contribution in [0.15, 0.2) is 18.2 Å². The third kappa shape index (κ3) is 3.29. The maximum absolute atomic E-state index is 11.4. The molecule has 0 radical (unpaired) electrons. The summed E-state index contributed by atoms with van der Waals surface area (Å²) in [6.45, 7) is 4.36. The predicted molar refractivity (Wildman–Crippen MR) is 82.8 cm³/mol. The molecule has 5 nitrogen and oxygen atoms in total. The first-order valence-electron chi connectivity index (χ1n) is 7.39. The van der Waals surface area contributed by atoms with Crippen molar-refractivity contribution < 1.29 is 23.6 Å². The normalized spacial score (nSPS) is 15.5. The number of carbonyl (C=O) groups is 1. The van der Waals surface area contributed by atoms with Crippen molar-refractivity contribution >= 4 is 27.5 Å². The SMILES string of the molecule is COC(=O)Cc1ccc2c(c1)sc(C)[n+]2CCC1OCCO1. The highest BCUT2D eigenvalue weighted by Gasteiger charge is 2.22. The van der Waals surface area contributed by atoms with Crippen molar-refractivity contribution in [2.75, 3.05) is 20.3 Å². The molecule has 1 aromatic heterocycles. The van der Waals surface area contributed by atoms with Crippen molar-refractivity contribution in [1.82, 2.24) is 0 Å². The molecule has 22 heavy (non-hydrogen) atoms. The number of rotatable bonds is 5. The van der Waals surface area contributed by atoms with Gasteiger partial charge in [-0.25, -0.2) is 0 Å². The highest BCUT2D eigenvalue weighted by Crippen LogP contribution is 2.22. The summed E-state index contributed by atoms with van der Waals surface area (Å²) in [6, 6.07) is 6.14. The first-order valence-corrected chi connectivity index (χ1v) is 8.21. The monoisotopic (exact) mass is 322 g/mol. The number of hydrogen-bond acceptors (Lipinski definition) is 5. The zero-order chi connectivity index (χ0) is 15.5. The van der Waals surface area contributed by atoms with Crippen LogP contribution in [0, 0.1) is 6.92 Å². The highest BCUT2D eigenvalue weighted by atomic mass is 32.1. The number of hydrogen-bond donors (Lipinski definition) is 0. The van der Waals surface area contributed by atoms with Crippen LogP contribution in [0.5, 0.6) is 0 Å². The summed E-state index contributed by atoms with van der Waals surface area (Å²) in [4.78, 5) is 11.4. The second-order valence-corrected chi connectivity index (χ2v) is 6.52. The van der Waals surface area contributed by atoms with E-state index >= 15 is 0 Å². The van der Waals surface area contributed by atoms with Crippen LogP contribution in [0.4, 0.5) is 0 Å². The maximum Gasteiger partial charge on any atom is 0.309 e. The van der Waals surface area contributed by atoms with Gasteiger partial charge in [0.1, 0.15) is 4.70 Å². The molecule has 2 aromatic rings. The quantitative estimate of drug-likeness (QED) is 0.624. The average Bonchev–Trinajstić information content (AvgIpc) is 3.12. The fourth-order valence-electron chi connectivity index (χ4n) is 2.68. The summed E-state index contributed by atoms with van der Waals surface area (Å²) < 4.78 is 19.2. The zero-order valence-corrected chi connectivity index (χ0v) is 13.6. The summed E-state index contributed by atoms with van der Waals surface area (Å²) in [5.74, 6) is -0.212. The summed E-state index contributed by atoms with van der Waals surface area (Å²) in [5, 5.41) is 1.24. The molecular weight excluding hydrogens is 302 g/mol. The molecule has 0 unspecified atom stereocenters. The minimum atomic E-state index is -0.212. The standard InChI is InChI=1S/C16H20NO4S/c1-11-17(6-5-16-20-7-8-21-16)13-4-3-12(9-14(13)22-11)10-15(18)19-2/h3-4,9,16H,5-8,10H2,1-2H3/q+1. The molecular formula is C16H20NO4S+. The molecule has 0 bridgehead atoms. The Balaban J connectivity index is 1.78. The van der Waals surface area contributed by atoms with Crippen LogP contribution >= 0.6 is 11.3 Å². The van der Waals surface area contributed by atoms with Crippen molar-refractivity contribution in [1.29, 1.82) is 0 Å². The lowest BCUT2D eigenvalue weighted by atomic mass is 10.1. The van der Waals surface area contributed by atoms with E-state index in [1.54, 1.807) is 11.3 Å². The highest BCUT2D eigenvalue weighted by molar-refractivity contribution is 7.18. The molecule has 118 valence electrons. The molecule has 1 aliphatic heterocycles. The van der Waals surface area contributed by atoms with Gasteiger partial charge in [-0.15, -0.1) is 0 Å². The number of ether oxygens (including phenoxy) is 3. The molecule has 0 N–H and O–H groups in total. The molecule has 6 heteroatoms. The summed E-state index contributed by atoms with van der Waals surface area (Å²) in [5.41, 5.74) is 2.17. The molecule has 0 amide bonds. The van der Waals surface area contributed by atoms with Gasteiger partial charge in [0.25, 0.3) is 0 Å². The van der Waals surface area contributed by atoms with Gasteiger partial charge in [0.2, 0.25) is 10.5 Å². The van der Waals surface area contributed by atoms with Crippen molar-refractivity contribution in [3.63, 3.8) is 0 Å². The third-order valence-electron chi connectivity index (χ3n) is 3.81. The van der Waals surface area contributed by atoms with Crippen LogP contribution in [0.3, 0.4) is 0 Å². The molecule has 0 spiro atoms. The van der Waals surface area contributed by atoms with Crippen molar-refractivity contribution in [3.05, 3.63) is 28.8 Å². The molecule has 1 saturated heterocycles. The third-order valence-corrected chi connectivity index (χ3v) is 4.87.